The second kappa shape index (κ2) is 8.67. The minimum Gasteiger partial charge on any atom is -0.492 e. The summed E-state index contributed by atoms with van der Waals surface area (Å²) >= 11 is 0. The van der Waals surface area contributed by atoms with Crippen LogP contribution < -0.4 is 4.74 Å². The fourth-order valence-electron chi connectivity index (χ4n) is 3.80. The molecule has 0 aliphatic carbocycles. The van der Waals surface area contributed by atoms with E-state index in [2.05, 4.69) is 58.3 Å². The molecule has 26 heavy (non-hydrogen) atoms. The summed E-state index contributed by atoms with van der Waals surface area (Å²) in [5, 5.41) is 0. The zero-order valence-electron chi connectivity index (χ0n) is 15.4. The molecule has 0 aromatic heterocycles. The highest BCUT2D eigenvalue weighted by atomic mass is 16.5. The summed E-state index contributed by atoms with van der Waals surface area (Å²) in [6.45, 7) is 8.56. The Morgan fingerprint density at radius 3 is 2.62 bits per heavy atom. The standard InChI is InChI=1S/C22H28N2O2/c1-2-6-21-18-24(9-8-20(21)5-1)17-19-4-3-7-22(16-19)26-15-12-23-10-13-25-14-11-23/h1-7,16H,8-15,17-18H2. The summed E-state index contributed by atoms with van der Waals surface area (Å²) < 4.78 is 11.4. The maximum Gasteiger partial charge on any atom is 0.119 e. The second-order valence-corrected chi connectivity index (χ2v) is 7.18. The molecule has 0 bridgehead atoms. The smallest absolute Gasteiger partial charge is 0.119 e. The van der Waals surface area contributed by atoms with E-state index in [-0.39, 0.29) is 0 Å². The zero-order chi connectivity index (χ0) is 17.6. The molecular formula is C22H28N2O2. The third-order valence-electron chi connectivity index (χ3n) is 5.29. The Hall–Kier alpha value is -1.88. The molecule has 0 radical (unpaired) electrons. The van der Waals surface area contributed by atoms with Crippen LogP contribution >= 0.6 is 0 Å². The van der Waals surface area contributed by atoms with Crippen molar-refractivity contribution >= 4 is 0 Å². The summed E-state index contributed by atoms with van der Waals surface area (Å²) in [5.41, 5.74) is 4.30. The van der Waals surface area contributed by atoms with Crippen LogP contribution in [0.1, 0.15) is 16.7 Å². The highest BCUT2D eigenvalue weighted by Crippen LogP contribution is 2.21. The van der Waals surface area contributed by atoms with Gasteiger partial charge in [-0.25, -0.2) is 0 Å². The first kappa shape index (κ1) is 17.5. The first-order chi connectivity index (χ1) is 12.9. The van der Waals surface area contributed by atoms with Crippen molar-refractivity contribution in [2.75, 3.05) is 46.0 Å². The lowest BCUT2D eigenvalue weighted by Crippen LogP contribution is -2.38. The van der Waals surface area contributed by atoms with Crippen LogP contribution in [0.3, 0.4) is 0 Å². The van der Waals surface area contributed by atoms with Gasteiger partial charge in [-0.15, -0.1) is 0 Å². The Morgan fingerprint density at radius 2 is 1.73 bits per heavy atom. The maximum atomic E-state index is 5.99. The molecule has 2 aromatic rings. The Bertz CT molecular complexity index is 713. The van der Waals surface area contributed by atoms with Gasteiger partial charge in [0.2, 0.25) is 0 Å². The van der Waals surface area contributed by atoms with Gasteiger partial charge in [-0.05, 0) is 35.2 Å². The first-order valence-electron chi connectivity index (χ1n) is 9.68. The predicted octanol–water partition coefficient (Wildman–Crippen LogP) is 2.96. The summed E-state index contributed by atoms with van der Waals surface area (Å²) in [7, 11) is 0. The monoisotopic (exact) mass is 352 g/mol. The number of morpholine rings is 1. The Kier molecular flexibility index (Phi) is 5.85. The number of nitrogens with zero attached hydrogens (tertiary/aromatic N) is 2. The van der Waals surface area contributed by atoms with Crippen LogP contribution in [0.4, 0.5) is 0 Å². The average Bonchev–Trinajstić information content (AvgIpc) is 2.69. The van der Waals surface area contributed by atoms with Crippen LogP contribution in [0.25, 0.3) is 0 Å². The molecule has 4 rings (SSSR count). The third kappa shape index (κ3) is 4.64. The molecule has 0 atom stereocenters. The van der Waals surface area contributed by atoms with Crippen molar-refractivity contribution in [3.63, 3.8) is 0 Å². The minimum atomic E-state index is 0.737. The molecule has 2 heterocycles. The summed E-state index contributed by atoms with van der Waals surface area (Å²) in [6, 6.07) is 17.4. The quantitative estimate of drug-likeness (QED) is 0.798. The van der Waals surface area contributed by atoms with Crippen molar-refractivity contribution in [1.29, 1.82) is 0 Å². The lowest BCUT2D eigenvalue weighted by atomic mass is 9.99. The molecule has 0 spiro atoms. The van der Waals surface area contributed by atoms with Crippen molar-refractivity contribution in [3.8, 4) is 5.75 Å². The molecule has 2 aromatic carbocycles. The van der Waals surface area contributed by atoms with Gasteiger partial charge in [0.15, 0.2) is 0 Å². The molecule has 2 aliphatic heterocycles. The molecule has 4 nitrogen and oxygen atoms in total. The van der Waals surface area contributed by atoms with Crippen LogP contribution in [0.5, 0.6) is 5.75 Å². The normalized spacial score (nSPS) is 18.5. The molecule has 0 saturated carbocycles. The van der Waals surface area contributed by atoms with Crippen LogP contribution in [-0.2, 0) is 24.2 Å². The summed E-state index contributed by atoms with van der Waals surface area (Å²) in [4.78, 5) is 4.92. The molecule has 0 N–H and O–H groups in total. The molecule has 0 unspecified atom stereocenters. The van der Waals surface area contributed by atoms with E-state index < -0.39 is 0 Å². The van der Waals surface area contributed by atoms with Crippen molar-refractivity contribution in [1.82, 2.24) is 9.80 Å². The van der Waals surface area contributed by atoms with Gasteiger partial charge in [0, 0.05) is 39.3 Å². The molecule has 2 aliphatic rings. The lowest BCUT2D eigenvalue weighted by Gasteiger charge is -2.29. The Morgan fingerprint density at radius 1 is 0.885 bits per heavy atom. The van der Waals surface area contributed by atoms with E-state index in [1.165, 1.54) is 16.7 Å². The van der Waals surface area contributed by atoms with Gasteiger partial charge in [0.1, 0.15) is 12.4 Å². The Balaban J connectivity index is 1.29. The maximum absolute atomic E-state index is 5.99. The average molecular weight is 352 g/mol. The lowest BCUT2D eigenvalue weighted by molar-refractivity contribution is 0.0322. The highest BCUT2D eigenvalue weighted by molar-refractivity contribution is 5.31. The van der Waals surface area contributed by atoms with Gasteiger partial charge in [-0.3, -0.25) is 9.80 Å². The van der Waals surface area contributed by atoms with E-state index in [9.17, 15) is 0 Å². The summed E-state index contributed by atoms with van der Waals surface area (Å²) in [6.07, 6.45) is 1.14. The minimum absolute atomic E-state index is 0.737. The van der Waals surface area contributed by atoms with E-state index in [0.29, 0.717) is 0 Å². The highest BCUT2D eigenvalue weighted by Gasteiger charge is 2.16. The van der Waals surface area contributed by atoms with Crippen LogP contribution in [-0.4, -0.2) is 55.8 Å². The first-order valence-corrected chi connectivity index (χ1v) is 9.68. The number of benzene rings is 2. The number of rotatable bonds is 6. The Labute approximate surface area is 156 Å². The van der Waals surface area contributed by atoms with E-state index in [4.69, 9.17) is 9.47 Å². The van der Waals surface area contributed by atoms with Crippen LogP contribution in [0, 0.1) is 0 Å². The van der Waals surface area contributed by atoms with E-state index in [1.807, 2.05) is 0 Å². The van der Waals surface area contributed by atoms with E-state index in [0.717, 1.165) is 71.3 Å². The van der Waals surface area contributed by atoms with E-state index in [1.54, 1.807) is 0 Å². The SMILES string of the molecule is c1cc(CN2CCc3ccccc3C2)cc(OCCN2CCOCC2)c1. The molecule has 1 saturated heterocycles. The zero-order valence-corrected chi connectivity index (χ0v) is 15.4. The van der Waals surface area contributed by atoms with Crippen molar-refractivity contribution in [3.05, 3.63) is 65.2 Å². The van der Waals surface area contributed by atoms with Crippen molar-refractivity contribution in [2.24, 2.45) is 0 Å². The summed E-state index contributed by atoms with van der Waals surface area (Å²) in [5.74, 6) is 0.980. The molecular weight excluding hydrogens is 324 g/mol. The number of hydrogen-bond donors (Lipinski definition) is 0. The van der Waals surface area contributed by atoms with Gasteiger partial charge >= 0.3 is 0 Å². The van der Waals surface area contributed by atoms with Crippen molar-refractivity contribution in [2.45, 2.75) is 19.5 Å². The number of fused-ring (bicyclic) bond motifs is 1. The predicted molar refractivity (Wildman–Crippen MR) is 103 cm³/mol. The third-order valence-corrected chi connectivity index (χ3v) is 5.29. The van der Waals surface area contributed by atoms with Gasteiger partial charge in [-0.2, -0.15) is 0 Å². The van der Waals surface area contributed by atoms with Crippen LogP contribution in [0.2, 0.25) is 0 Å². The van der Waals surface area contributed by atoms with Gasteiger partial charge in [-0.1, -0.05) is 36.4 Å². The molecule has 1 fully saturated rings. The van der Waals surface area contributed by atoms with Gasteiger partial charge < -0.3 is 9.47 Å². The molecule has 4 heteroatoms. The van der Waals surface area contributed by atoms with Crippen molar-refractivity contribution < 1.29 is 9.47 Å². The van der Waals surface area contributed by atoms with Gasteiger partial charge in [0.05, 0.1) is 13.2 Å². The van der Waals surface area contributed by atoms with E-state index >= 15 is 0 Å². The second-order valence-electron chi connectivity index (χ2n) is 7.18. The van der Waals surface area contributed by atoms with Crippen LogP contribution in [0.15, 0.2) is 48.5 Å². The molecule has 138 valence electrons. The molecule has 0 amide bonds. The topological polar surface area (TPSA) is 24.9 Å². The fourth-order valence-corrected chi connectivity index (χ4v) is 3.80. The number of ether oxygens (including phenoxy) is 2. The van der Waals surface area contributed by atoms with Gasteiger partial charge in [0.25, 0.3) is 0 Å². The largest absolute Gasteiger partial charge is 0.492 e. The number of hydrogen-bond acceptors (Lipinski definition) is 4. The fraction of sp³-hybridized carbons (Fsp3) is 0.455.